The number of fused-ring (bicyclic) bond motifs is 2. The lowest BCUT2D eigenvalue weighted by Crippen LogP contribution is -2.28. The number of hydrogen-bond donors (Lipinski definition) is 1. The van der Waals surface area contributed by atoms with Crippen LogP contribution in [0, 0.1) is 13.8 Å². The van der Waals surface area contributed by atoms with E-state index in [1.54, 1.807) is 73.9 Å². The molecule has 2 aromatic heterocycles. The number of benzene rings is 2. The topological polar surface area (TPSA) is 107 Å². The number of carbonyl (C=O) groups excluding carboxylic acids is 3. The number of aromatic amines is 1. The summed E-state index contributed by atoms with van der Waals surface area (Å²) in [6, 6.07) is 14.1. The Balaban J connectivity index is 1.61. The molecule has 0 saturated carbocycles. The van der Waals surface area contributed by atoms with E-state index in [2.05, 4.69) is 4.98 Å². The molecule has 4 rings (SSSR count). The van der Waals surface area contributed by atoms with Gasteiger partial charge in [-0.2, -0.15) is 0 Å². The predicted molar refractivity (Wildman–Crippen MR) is 132 cm³/mol. The van der Waals surface area contributed by atoms with Gasteiger partial charge in [-0.05, 0) is 57.5 Å². The van der Waals surface area contributed by atoms with Crippen LogP contribution in [0.4, 0.5) is 0 Å². The first-order valence-corrected chi connectivity index (χ1v) is 11.3. The van der Waals surface area contributed by atoms with E-state index in [0.717, 1.165) is 0 Å². The molecule has 0 spiro atoms. The molecule has 8 nitrogen and oxygen atoms in total. The van der Waals surface area contributed by atoms with Gasteiger partial charge in [0.2, 0.25) is 5.78 Å². The van der Waals surface area contributed by atoms with Crippen LogP contribution in [0.25, 0.3) is 21.8 Å². The second-order valence-electron chi connectivity index (χ2n) is 8.29. The summed E-state index contributed by atoms with van der Waals surface area (Å²) in [6.07, 6.45) is -1.09. The minimum Gasteiger partial charge on any atom is -0.462 e. The Morgan fingerprint density at radius 3 is 2.11 bits per heavy atom. The van der Waals surface area contributed by atoms with Crippen LogP contribution in [0.3, 0.4) is 0 Å². The molecule has 0 aliphatic rings. The van der Waals surface area contributed by atoms with Gasteiger partial charge in [-0.25, -0.2) is 4.79 Å². The molecule has 4 aromatic rings. The number of ketones is 1. The summed E-state index contributed by atoms with van der Waals surface area (Å²) >= 11 is 0. The van der Waals surface area contributed by atoms with Gasteiger partial charge in [-0.15, -0.1) is 0 Å². The number of para-hydroxylation sites is 2. The molecule has 0 aliphatic carbocycles. The molecule has 0 fully saturated rings. The summed E-state index contributed by atoms with van der Waals surface area (Å²) in [7, 11) is 0. The standard InChI is InChI=1S/C27H26N2O6/c1-5-34-27(33)23-15(2)24(28-16(23)3)25(31)17(4)35-22(30)14-29-20-12-8-6-10-18(20)26(32)19-11-7-9-13-21(19)29/h6-13,17,28H,5,14H2,1-4H3. The Kier molecular flexibility index (Phi) is 6.55. The van der Waals surface area contributed by atoms with E-state index in [4.69, 9.17) is 9.47 Å². The van der Waals surface area contributed by atoms with Crippen molar-refractivity contribution in [3.63, 3.8) is 0 Å². The van der Waals surface area contributed by atoms with E-state index in [0.29, 0.717) is 38.6 Å². The highest BCUT2D eigenvalue weighted by atomic mass is 16.5. The average molecular weight is 475 g/mol. The smallest absolute Gasteiger partial charge is 0.340 e. The molecule has 180 valence electrons. The lowest BCUT2D eigenvalue weighted by atomic mass is 10.1. The van der Waals surface area contributed by atoms with E-state index in [-0.39, 0.29) is 24.3 Å². The van der Waals surface area contributed by atoms with Crippen molar-refractivity contribution in [2.24, 2.45) is 0 Å². The largest absolute Gasteiger partial charge is 0.462 e. The predicted octanol–water partition coefficient (Wildman–Crippen LogP) is 4.09. The number of nitrogens with one attached hydrogen (secondary N) is 1. The van der Waals surface area contributed by atoms with E-state index in [1.165, 1.54) is 6.92 Å². The van der Waals surface area contributed by atoms with Crippen LogP contribution >= 0.6 is 0 Å². The van der Waals surface area contributed by atoms with Crippen molar-refractivity contribution in [2.75, 3.05) is 6.61 Å². The number of rotatable bonds is 7. The minimum absolute atomic E-state index is 0.112. The first kappa shape index (κ1) is 23.9. The zero-order valence-corrected chi connectivity index (χ0v) is 20.0. The highest BCUT2D eigenvalue weighted by Crippen LogP contribution is 2.22. The van der Waals surface area contributed by atoms with Gasteiger partial charge < -0.3 is 19.0 Å². The Hall–Kier alpha value is -4.20. The maximum absolute atomic E-state index is 13.1. The molecule has 0 saturated heterocycles. The van der Waals surface area contributed by atoms with Crippen LogP contribution in [0.2, 0.25) is 0 Å². The lowest BCUT2D eigenvalue weighted by Gasteiger charge is -2.17. The van der Waals surface area contributed by atoms with E-state index >= 15 is 0 Å². The molecule has 0 amide bonds. The van der Waals surface area contributed by atoms with Crippen LogP contribution in [-0.4, -0.2) is 40.0 Å². The fraction of sp³-hybridized carbons (Fsp3) is 0.259. The SMILES string of the molecule is CCOC(=O)c1c(C)[nH]c(C(=O)C(C)OC(=O)Cn2c3ccccc3c(=O)c3ccccc32)c1C. The Bertz CT molecular complexity index is 1470. The molecule has 35 heavy (non-hydrogen) atoms. The summed E-state index contributed by atoms with van der Waals surface area (Å²) in [6.45, 7) is 6.55. The second-order valence-corrected chi connectivity index (χ2v) is 8.29. The van der Waals surface area contributed by atoms with Crippen molar-refractivity contribution in [3.8, 4) is 0 Å². The summed E-state index contributed by atoms with van der Waals surface area (Å²) < 4.78 is 12.3. The fourth-order valence-electron chi connectivity index (χ4n) is 4.37. The zero-order valence-electron chi connectivity index (χ0n) is 20.0. The molecule has 1 unspecified atom stereocenters. The summed E-state index contributed by atoms with van der Waals surface area (Å²) in [5.41, 5.74) is 2.55. The number of aryl methyl sites for hydroxylation is 1. The molecular weight excluding hydrogens is 448 g/mol. The van der Waals surface area contributed by atoms with Crippen molar-refractivity contribution >= 4 is 39.5 Å². The number of aromatic nitrogens is 2. The van der Waals surface area contributed by atoms with Crippen molar-refractivity contribution in [2.45, 2.75) is 40.3 Å². The molecule has 2 aromatic carbocycles. The Morgan fingerprint density at radius 1 is 0.971 bits per heavy atom. The van der Waals surface area contributed by atoms with Crippen LogP contribution in [-0.2, 0) is 20.8 Å². The van der Waals surface area contributed by atoms with Crippen LogP contribution in [0.1, 0.15) is 46.0 Å². The number of hydrogen-bond acceptors (Lipinski definition) is 6. The van der Waals surface area contributed by atoms with Gasteiger partial charge in [-0.3, -0.25) is 14.4 Å². The van der Waals surface area contributed by atoms with Gasteiger partial charge in [0.05, 0.1) is 28.9 Å². The number of Topliss-reactive ketones (excluding diaryl/α,β-unsaturated/α-hetero) is 1. The third kappa shape index (κ3) is 4.35. The first-order valence-electron chi connectivity index (χ1n) is 11.3. The highest BCUT2D eigenvalue weighted by Gasteiger charge is 2.28. The summed E-state index contributed by atoms with van der Waals surface area (Å²) in [4.78, 5) is 54.0. The molecule has 1 atom stereocenters. The van der Waals surface area contributed by atoms with E-state index in [9.17, 15) is 19.2 Å². The quantitative estimate of drug-likeness (QED) is 0.246. The van der Waals surface area contributed by atoms with Crippen LogP contribution < -0.4 is 5.43 Å². The lowest BCUT2D eigenvalue weighted by molar-refractivity contribution is -0.146. The van der Waals surface area contributed by atoms with E-state index < -0.39 is 23.8 Å². The molecule has 0 bridgehead atoms. The van der Waals surface area contributed by atoms with Gasteiger partial charge in [0.15, 0.2) is 11.5 Å². The summed E-state index contributed by atoms with van der Waals surface area (Å²) in [5, 5.41) is 0.985. The second kappa shape index (κ2) is 9.58. The number of carbonyl (C=O) groups is 3. The van der Waals surface area contributed by atoms with E-state index in [1.807, 2.05) is 0 Å². The first-order chi connectivity index (χ1) is 16.7. The third-order valence-electron chi connectivity index (χ3n) is 6.01. The van der Waals surface area contributed by atoms with Gasteiger partial charge in [0, 0.05) is 16.5 Å². The molecule has 0 aliphatic heterocycles. The third-order valence-corrected chi connectivity index (χ3v) is 6.01. The van der Waals surface area contributed by atoms with Crippen LogP contribution in [0.15, 0.2) is 53.3 Å². The minimum atomic E-state index is -1.09. The van der Waals surface area contributed by atoms with Gasteiger partial charge in [-0.1, -0.05) is 24.3 Å². The van der Waals surface area contributed by atoms with Gasteiger partial charge >= 0.3 is 11.9 Å². The summed E-state index contributed by atoms with van der Waals surface area (Å²) in [5.74, 6) is -1.60. The monoisotopic (exact) mass is 474 g/mol. The zero-order chi connectivity index (χ0) is 25.3. The van der Waals surface area contributed by atoms with Crippen molar-refractivity contribution < 1.29 is 23.9 Å². The molecule has 2 heterocycles. The maximum Gasteiger partial charge on any atom is 0.340 e. The van der Waals surface area contributed by atoms with Gasteiger partial charge in [0.1, 0.15) is 6.54 Å². The molecule has 0 radical (unpaired) electrons. The Morgan fingerprint density at radius 2 is 1.54 bits per heavy atom. The average Bonchev–Trinajstić information content (AvgIpc) is 3.15. The van der Waals surface area contributed by atoms with Crippen molar-refractivity contribution in [1.82, 2.24) is 9.55 Å². The number of ether oxygens (including phenoxy) is 2. The van der Waals surface area contributed by atoms with Gasteiger partial charge in [0.25, 0.3) is 0 Å². The van der Waals surface area contributed by atoms with Crippen LogP contribution in [0.5, 0.6) is 0 Å². The number of nitrogens with zero attached hydrogens (tertiary/aromatic N) is 1. The Labute approximate surface area is 201 Å². The number of esters is 2. The molecule has 1 N–H and O–H groups in total. The normalized spacial score (nSPS) is 12.0. The highest BCUT2D eigenvalue weighted by molar-refractivity contribution is 6.04. The van der Waals surface area contributed by atoms with Crippen molar-refractivity contribution in [1.29, 1.82) is 0 Å². The molecular formula is C27H26N2O6. The maximum atomic E-state index is 13.1. The number of pyridine rings is 1. The molecule has 8 heteroatoms. The fourth-order valence-corrected chi connectivity index (χ4v) is 4.37. The van der Waals surface area contributed by atoms with Crippen molar-refractivity contribution in [3.05, 3.63) is 81.3 Å². The number of H-pyrrole nitrogens is 1.